The van der Waals surface area contributed by atoms with E-state index in [1.165, 1.54) is 6.07 Å². The Morgan fingerprint density at radius 1 is 1.14 bits per heavy atom. The Balaban J connectivity index is 2.31. The van der Waals surface area contributed by atoms with Crippen LogP contribution in [0.25, 0.3) is 0 Å². The molecule has 2 aromatic rings. The summed E-state index contributed by atoms with van der Waals surface area (Å²) in [5.74, 6) is -3.84. The normalized spacial score (nSPS) is 11.2. The van der Waals surface area contributed by atoms with Crippen LogP contribution in [0.1, 0.15) is 47.3 Å². The average molecular weight is 417 g/mol. The highest BCUT2D eigenvalue weighted by molar-refractivity contribution is 7.09. The zero-order chi connectivity index (χ0) is 21.1. The number of carbonyl (C=O) groups excluding carboxylic acids is 3. The molecule has 0 aliphatic carbocycles. The number of rotatable bonds is 5. The van der Waals surface area contributed by atoms with Gasteiger partial charge < -0.3 is 9.47 Å². The fourth-order valence-electron chi connectivity index (χ4n) is 1.91. The number of amides is 1. The van der Waals surface area contributed by atoms with E-state index in [-0.39, 0.29) is 22.0 Å². The quantitative estimate of drug-likeness (QED) is 0.587. The molecular weight excluding hydrogens is 403 g/mol. The predicted molar refractivity (Wildman–Crippen MR) is 91.2 cm³/mol. The van der Waals surface area contributed by atoms with Crippen LogP contribution in [0.4, 0.5) is 18.3 Å². The number of halogens is 3. The number of alkyl halides is 3. The molecule has 0 radical (unpaired) electrons. The van der Waals surface area contributed by atoms with Crippen molar-refractivity contribution in [2.45, 2.75) is 33.1 Å². The SMILES string of the molecule is CC(=O)Oc1cc(C(=O)Nc2nc(C(F)(F)F)ns2)cc(C(=O)OC(C)C)c1. The number of nitrogens with one attached hydrogen (secondary N) is 1. The number of esters is 2. The number of anilines is 1. The molecular formula is C16H14F3N3O5S. The van der Waals surface area contributed by atoms with E-state index >= 15 is 0 Å². The van der Waals surface area contributed by atoms with Gasteiger partial charge in [-0.05, 0) is 32.0 Å². The molecule has 8 nitrogen and oxygen atoms in total. The molecule has 0 fully saturated rings. The third-order valence-corrected chi connectivity index (χ3v) is 3.54. The maximum atomic E-state index is 12.6. The zero-order valence-electron chi connectivity index (χ0n) is 14.8. The Morgan fingerprint density at radius 3 is 2.32 bits per heavy atom. The Morgan fingerprint density at radius 2 is 1.79 bits per heavy atom. The second kappa shape index (κ2) is 8.33. The summed E-state index contributed by atoms with van der Waals surface area (Å²) in [6, 6.07) is 3.50. The van der Waals surface area contributed by atoms with Gasteiger partial charge in [-0.2, -0.15) is 22.5 Å². The van der Waals surface area contributed by atoms with Gasteiger partial charge in [-0.15, -0.1) is 0 Å². The number of ether oxygens (including phenoxy) is 2. The van der Waals surface area contributed by atoms with Crippen molar-refractivity contribution in [1.29, 1.82) is 0 Å². The van der Waals surface area contributed by atoms with E-state index < -0.39 is 36.0 Å². The lowest BCUT2D eigenvalue weighted by Gasteiger charge is -2.11. The maximum Gasteiger partial charge on any atom is 0.452 e. The Bertz CT molecular complexity index is 911. The van der Waals surface area contributed by atoms with E-state index in [9.17, 15) is 27.6 Å². The molecule has 0 saturated carbocycles. The van der Waals surface area contributed by atoms with Crippen LogP contribution < -0.4 is 10.1 Å². The minimum absolute atomic E-state index is 0.0779. The third kappa shape index (κ3) is 5.74. The highest BCUT2D eigenvalue weighted by Gasteiger charge is 2.36. The summed E-state index contributed by atoms with van der Waals surface area (Å²) in [6.45, 7) is 4.36. The lowest BCUT2D eigenvalue weighted by atomic mass is 10.1. The molecule has 1 N–H and O–H groups in total. The van der Waals surface area contributed by atoms with E-state index in [2.05, 4.69) is 14.7 Å². The van der Waals surface area contributed by atoms with Crippen molar-refractivity contribution in [2.24, 2.45) is 0 Å². The monoisotopic (exact) mass is 417 g/mol. The first-order valence-electron chi connectivity index (χ1n) is 7.72. The molecule has 2 rings (SSSR count). The zero-order valence-corrected chi connectivity index (χ0v) is 15.6. The van der Waals surface area contributed by atoms with Gasteiger partial charge in [0, 0.05) is 24.0 Å². The summed E-state index contributed by atoms with van der Waals surface area (Å²) in [6.07, 6.45) is -5.19. The van der Waals surface area contributed by atoms with Crippen LogP contribution in [0.2, 0.25) is 0 Å². The number of hydrogen-bond donors (Lipinski definition) is 1. The molecule has 1 aromatic carbocycles. The van der Waals surface area contributed by atoms with E-state index in [1.807, 2.05) is 0 Å². The van der Waals surface area contributed by atoms with Crippen LogP contribution in [0.5, 0.6) is 5.75 Å². The summed E-state index contributed by atoms with van der Waals surface area (Å²) in [5.41, 5.74) is -0.232. The maximum absolute atomic E-state index is 12.6. The van der Waals surface area contributed by atoms with Gasteiger partial charge >= 0.3 is 18.1 Å². The van der Waals surface area contributed by atoms with Crippen molar-refractivity contribution in [2.75, 3.05) is 5.32 Å². The van der Waals surface area contributed by atoms with E-state index in [4.69, 9.17) is 9.47 Å². The largest absolute Gasteiger partial charge is 0.459 e. The van der Waals surface area contributed by atoms with Gasteiger partial charge in [-0.1, -0.05) is 0 Å². The average Bonchev–Trinajstić information content (AvgIpc) is 3.02. The molecule has 0 aliphatic heterocycles. The van der Waals surface area contributed by atoms with Crippen molar-refractivity contribution in [1.82, 2.24) is 9.36 Å². The molecule has 0 bridgehead atoms. The highest BCUT2D eigenvalue weighted by Crippen LogP contribution is 2.29. The molecule has 1 heterocycles. The van der Waals surface area contributed by atoms with Crippen molar-refractivity contribution in [3.05, 3.63) is 35.2 Å². The molecule has 1 aromatic heterocycles. The Kier molecular flexibility index (Phi) is 6.33. The fourth-order valence-corrected chi connectivity index (χ4v) is 2.50. The second-order valence-electron chi connectivity index (χ2n) is 5.67. The van der Waals surface area contributed by atoms with Gasteiger partial charge in [0.1, 0.15) is 5.75 Å². The summed E-state index contributed by atoms with van der Waals surface area (Å²) >= 11 is 0.343. The van der Waals surface area contributed by atoms with Gasteiger partial charge in [-0.25, -0.2) is 4.79 Å². The van der Waals surface area contributed by atoms with E-state index in [0.29, 0.717) is 11.5 Å². The molecule has 0 spiro atoms. The standard InChI is InChI=1S/C16H14F3N3O5S/c1-7(2)26-13(25)10-4-9(5-11(6-10)27-8(3)23)12(24)20-15-21-14(22-28-15)16(17,18)19/h4-7H,1-3H3,(H,20,21,22,24). The first kappa shape index (κ1) is 21.3. The van der Waals surface area contributed by atoms with Crippen molar-refractivity contribution in [3.63, 3.8) is 0 Å². The molecule has 0 aliphatic rings. The number of carbonyl (C=O) groups is 3. The number of hydrogen-bond acceptors (Lipinski definition) is 8. The second-order valence-corrected chi connectivity index (χ2v) is 6.42. The predicted octanol–water partition coefficient (Wildman–Crippen LogP) is 3.30. The summed E-state index contributed by atoms with van der Waals surface area (Å²) in [7, 11) is 0. The molecule has 28 heavy (non-hydrogen) atoms. The Labute approximate surface area is 160 Å². The van der Waals surface area contributed by atoms with Crippen molar-refractivity contribution < 1.29 is 37.0 Å². The molecule has 0 atom stereocenters. The van der Waals surface area contributed by atoms with Crippen LogP contribution >= 0.6 is 11.5 Å². The number of benzene rings is 1. The first-order valence-corrected chi connectivity index (χ1v) is 8.50. The summed E-state index contributed by atoms with van der Waals surface area (Å²) < 4.78 is 50.7. The van der Waals surface area contributed by atoms with Crippen LogP contribution in [0.3, 0.4) is 0 Å². The van der Waals surface area contributed by atoms with E-state index in [0.717, 1.165) is 19.1 Å². The number of nitrogens with zero attached hydrogens (tertiary/aromatic N) is 2. The lowest BCUT2D eigenvalue weighted by Crippen LogP contribution is -2.16. The van der Waals surface area contributed by atoms with Crippen LogP contribution in [0.15, 0.2) is 18.2 Å². The third-order valence-electron chi connectivity index (χ3n) is 2.91. The lowest BCUT2D eigenvalue weighted by molar-refractivity contribution is -0.144. The molecule has 0 saturated heterocycles. The van der Waals surface area contributed by atoms with Gasteiger partial charge in [0.2, 0.25) is 11.0 Å². The van der Waals surface area contributed by atoms with Crippen molar-refractivity contribution >= 4 is 34.5 Å². The minimum Gasteiger partial charge on any atom is -0.459 e. The van der Waals surface area contributed by atoms with Crippen LogP contribution in [0, 0.1) is 0 Å². The van der Waals surface area contributed by atoms with Gasteiger partial charge in [-0.3, -0.25) is 14.9 Å². The van der Waals surface area contributed by atoms with Gasteiger partial charge in [0.15, 0.2) is 0 Å². The molecule has 12 heteroatoms. The van der Waals surface area contributed by atoms with Crippen LogP contribution in [-0.2, 0) is 15.7 Å². The minimum atomic E-state index is -4.75. The van der Waals surface area contributed by atoms with E-state index in [1.54, 1.807) is 13.8 Å². The highest BCUT2D eigenvalue weighted by atomic mass is 32.1. The van der Waals surface area contributed by atoms with Gasteiger partial charge in [0.05, 0.1) is 11.7 Å². The topological polar surface area (TPSA) is 107 Å². The summed E-state index contributed by atoms with van der Waals surface area (Å²) in [5, 5.41) is 1.76. The fraction of sp³-hybridized carbons (Fsp3) is 0.312. The van der Waals surface area contributed by atoms with Crippen LogP contribution in [-0.4, -0.2) is 33.3 Å². The number of aromatic nitrogens is 2. The first-order chi connectivity index (χ1) is 13.0. The molecule has 1 amide bonds. The molecule has 150 valence electrons. The smallest absolute Gasteiger partial charge is 0.452 e. The summed E-state index contributed by atoms with van der Waals surface area (Å²) in [4.78, 5) is 38.8. The van der Waals surface area contributed by atoms with Crippen molar-refractivity contribution in [3.8, 4) is 5.75 Å². The molecule has 0 unspecified atom stereocenters. The Hall–Kier alpha value is -3.02. The van der Waals surface area contributed by atoms with Gasteiger partial charge in [0.25, 0.3) is 5.91 Å².